The van der Waals surface area contributed by atoms with E-state index in [1.54, 1.807) is 0 Å². The number of amides is 1. The normalized spacial score (nSPS) is 25.2. The van der Waals surface area contributed by atoms with Crippen LogP contribution in [0.3, 0.4) is 0 Å². The summed E-state index contributed by atoms with van der Waals surface area (Å²) in [5, 5.41) is 3.77. The highest BCUT2D eigenvalue weighted by atomic mass is 35.5. The van der Waals surface area contributed by atoms with Crippen molar-refractivity contribution < 1.29 is 4.79 Å². The van der Waals surface area contributed by atoms with Gasteiger partial charge in [-0.05, 0) is 56.7 Å². The largest absolute Gasteiger partial charge is 0.370 e. The fraction of sp³-hybridized carbons (Fsp3) is 0.611. The molecule has 5 heteroatoms. The maximum atomic E-state index is 12.6. The third kappa shape index (κ3) is 4.18. The number of nitrogens with one attached hydrogen (secondary N) is 1. The summed E-state index contributed by atoms with van der Waals surface area (Å²) >= 11 is 6.16. The van der Waals surface area contributed by atoms with Crippen molar-refractivity contribution in [2.75, 3.05) is 23.3 Å². The highest BCUT2D eigenvalue weighted by Crippen LogP contribution is 2.32. The zero-order valence-electron chi connectivity index (χ0n) is 13.6. The number of halogens is 1. The number of nitrogens with zero attached hydrogens (tertiary/aromatic N) is 1. The minimum Gasteiger partial charge on any atom is -0.370 e. The first-order valence-electron chi connectivity index (χ1n) is 8.74. The number of anilines is 2. The van der Waals surface area contributed by atoms with Crippen molar-refractivity contribution in [1.82, 2.24) is 0 Å². The van der Waals surface area contributed by atoms with E-state index in [0.717, 1.165) is 50.1 Å². The molecule has 1 saturated carbocycles. The van der Waals surface area contributed by atoms with Gasteiger partial charge in [0.1, 0.15) is 0 Å². The maximum absolute atomic E-state index is 12.6. The van der Waals surface area contributed by atoms with Gasteiger partial charge >= 0.3 is 0 Å². The van der Waals surface area contributed by atoms with Gasteiger partial charge in [0.2, 0.25) is 5.91 Å². The van der Waals surface area contributed by atoms with E-state index in [9.17, 15) is 4.79 Å². The lowest BCUT2D eigenvalue weighted by Gasteiger charge is -2.31. The minimum atomic E-state index is 0.0203. The Hall–Kier alpha value is -1.26. The van der Waals surface area contributed by atoms with E-state index in [-0.39, 0.29) is 17.9 Å². The van der Waals surface area contributed by atoms with Crippen LogP contribution in [0.25, 0.3) is 0 Å². The highest BCUT2D eigenvalue weighted by molar-refractivity contribution is 6.31. The lowest BCUT2D eigenvalue weighted by molar-refractivity contribution is -0.120. The van der Waals surface area contributed by atoms with Crippen LogP contribution >= 0.6 is 11.6 Å². The molecular weight excluding hydrogens is 310 g/mol. The smallest absolute Gasteiger partial charge is 0.227 e. The molecule has 0 aromatic heterocycles. The maximum Gasteiger partial charge on any atom is 0.227 e. The number of benzene rings is 1. The molecule has 3 N–H and O–H groups in total. The predicted molar refractivity (Wildman–Crippen MR) is 96.1 cm³/mol. The minimum absolute atomic E-state index is 0.0203. The van der Waals surface area contributed by atoms with E-state index in [0.29, 0.717) is 5.02 Å². The lowest BCUT2D eigenvalue weighted by Crippen LogP contribution is -2.35. The highest BCUT2D eigenvalue weighted by Gasteiger charge is 2.26. The number of carbonyl (C=O) groups excluding carboxylic acids is 1. The van der Waals surface area contributed by atoms with Crippen LogP contribution in [-0.4, -0.2) is 25.0 Å². The third-order valence-electron chi connectivity index (χ3n) is 5.00. The Morgan fingerprint density at radius 3 is 2.70 bits per heavy atom. The van der Waals surface area contributed by atoms with Crippen molar-refractivity contribution in [2.24, 2.45) is 11.7 Å². The molecule has 1 heterocycles. The Kier molecular flexibility index (Phi) is 5.44. The molecule has 1 aromatic carbocycles. The van der Waals surface area contributed by atoms with Crippen LogP contribution in [0.5, 0.6) is 0 Å². The molecule has 23 heavy (non-hydrogen) atoms. The number of hydrogen-bond acceptors (Lipinski definition) is 3. The van der Waals surface area contributed by atoms with Crippen LogP contribution < -0.4 is 16.0 Å². The average molecular weight is 336 g/mol. The second kappa shape index (κ2) is 7.54. The van der Waals surface area contributed by atoms with Gasteiger partial charge in [-0.15, -0.1) is 0 Å². The number of rotatable bonds is 3. The van der Waals surface area contributed by atoms with E-state index >= 15 is 0 Å². The fourth-order valence-electron chi connectivity index (χ4n) is 3.72. The quantitative estimate of drug-likeness (QED) is 0.883. The number of nitrogens with two attached hydrogens (primary N) is 1. The van der Waals surface area contributed by atoms with Gasteiger partial charge in [-0.2, -0.15) is 0 Å². The molecule has 2 fully saturated rings. The first-order chi connectivity index (χ1) is 11.1. The van der Waals surface area contributed by atoms with Crippen molar-refractivity contribution in [3.05, 3.63) is 23.2 Å². The third-order valence-corrected chi connectivity index (χ3v) is 5.23. The van der Waals surface area contributed by atoms with E-state index in [4.69, 9.17) is 17.3 Å². The van der Waals surface area contributed by atoms with Crippen molar-refractivity contribution in [3.8, 4) is 0 Å². The zero-order chi connectivity index (χ0) is 16.2. The molecule has 2 atom stereocenters. The van der Waals surface area contributed by atoms with Crippen molar-refractivity contribution in [2.45, 2.75) is 51.0 Å². The molecule has 1 saturated heterocycles. The first-order valence-corrected chi connectivity index (χ1v) is 9.12. The molecule has 1 aliphatic heterocycles. The van der Waals surface area contributed by atoms with Crippen molar-refractivity contribution >= 4 is 28.9 Å². The van der Waals surface area contributed by atoms with Crippen LogP contribution in [0, 0.1) is 5.92 Å². The summed E-state index contributed by atoms with van der Waals surface area (Å²) in [6.07, 6.45) is 7.46. The molecular formula is C18H26ClN3O. The van der Waals surface area contributed by atoms with E-state index in [1.165, 1.54) is 19.3 Å². The molecule has 1 aromatic rings. The molecule has 0 radical (unpaired) electrons. The lowest BCUT2D eigenvalue weighted by atomic mass is 9.85. The zero-order valence-corrected chi connectivity index (χ0v) is 14.3. The topological polar surface area (TPSA) is 58.4 Å². The van der Waals surface area contributed by atoms with Crippen molar-refractivity contribution in [3.63, 3.8) is 0 Å². The Balaban J connectivity index is 1.75. The summed E-state index contributed by atoms with van der Waals surface area (Å²) < 4.78 is 0. The second-order valence-corrected chi connectivity index (χ2v) is 7.26. The predicted octanol–water partition coefficient (Wildman–Crippen LogP) is 3.79. The van der Waals surface area contributed by atoms with Gasteiger partial charge in [-0.25, -0.2) is 0 Å². The first kappa shape index (κ1) is 16.6. The molecule has 0 bridgehead atoms. The summed E-state index contributed by atoms with van der Waals surface area (Å²) in [5.74, 6) is 0.104. The van der Waals surface area contributed by atoms with Crippen LogP contribution in [0.2, 0.25) is 5.02 Å². The van der Waals surface area contributed by atoms with E-state index < -0.39 is 0 Å². The monoisotopic (exact) mass is 335 g/mol. The summed E-state index contributed by atoms with van der Waals surface area (Å²) in [7, 11) is 0. The molecule has 126 valence electrons. The standard InChI is InChI=1S/C18H26ClN3O/c19-14-7-8-17(22-9-2-1-3-10-22)16(12-14)21-18(23)13-5-4-6-15(20)11-13/h7-8,12-13,15H,1-6,9-11,20H2,(H,21,23). The number of hydrogen-bond donors (Lipinski definition) is 2. The summed E-state index contributed by atoms with van der Waals surface area (Å²) in [6, 6.07) is 5.94. The number of piperidine rings is 1. The van der Waals surface area contributed by atoms with Gasteiger partial charge in [-0.3, -0.25) is 4.79 Å². The van der Waals surface area contributed by atoms with Gasteiger partial charge in [0, 0.05) is 30.1 Å². The number of carbonyl (C=O) groups is 1. The Morgan fingerprint density at radius 1 is 1.17 bits per heavy atom. The molecule has 1 amide bonds. The van der Waals surface area contributed by atoms with Gasteiger partial charge < -0.3 is 16.0 Å². The van der Waals surface area contributed by atoms with Crippen LogP contribution in [-0.2, 0) is 4.79 Å². The summed E-state index contributed by atoms with van der Waals surface area (Å²) in [5.41, 5.74) is 7.94. The molecule has 3 rings (SSSR count). The van der Waals surface area contributed by atoms with Gasteiger partial charge in [0.05, 0.1) is 11.4 Å². The van der Waals surface area contributed by atoms with Crippen LogP contribution in [0.4, 0.5) is 11.4 Å². The van der Waals surface area contributed by atoms with Crippen molar-refractivity contribution in [1.29, 1.82) is 0 Å². The average Bonchev–Trinajstić information content (AvgIpc) is 2.56. The van der Waals surface area contributed by atoms with Crippen LogP contribution in [0.1, 0.15) is 44.9 Å². The SMILES string of the molecule is NC1CCCC(C(=O)Nc2cc(Cl)ccc2N2CCCCC2)C1. The molecule has 4 nitrogen and oxygen atoms in total. The fourth-order valence-corrected chi connectivity index (χ4v) is 3.89. The van der Waals surface area contributed by atoms with Gasteiger partial charge in [0.25, 0.3) is 0 Å². The van der Waals surface area contributed by atoms with Crippen LogP contribution in [0.15, 0.2) is 18.2 Å². The van der Waals surface area contributed by atoms with E-state index in [2.05, 4.69) is 10.2 Å². The van der Waals surface area contributed by atoms with E-state index in [1.807, 2.05) is 18.2 Å². The molecule has 0 spiro atoms. The molecule has 1 aliphatic carbocycles. The van der Waals surface area contributed by atoms with Gasteiger partial charge in [0.15, 0.2) is 0 Å². The van der Waals surface area contributed by atoms with Gasteiger partial charge in [-0.1, -0.05) is 18.0 Å². The summed E-state index contributed by atoms with van der Waals surface area (Å²) in [4.78, 5) is 15.0. The Labute approximate surface area is 143 Å². The Morgan fingerprint density at radius 2 is 1.96 bits per heavy atom. The molecule has 2 unspecified atom stereocenters. The second-order valence-electron chi connectivity index (χ2n) is 6.82. The molecule has 2 aliphatic rings. The summed E-state index contributed by atoms with van der Waals surface area (Å²) in [6.45, 7) is 2.08. The Bertz CT molecular complexity index is 557.